The fourth-order valence-corrected chi connectivity index (χ4v) is 2.43. The van der Waals surface area contributed by atoms with Crippen molar-refractivity contribution in [2.45, 2.75) is 25.3 Å². The third-order valence-electron chi connectivity index (χ3n) is 3.23. The molecule has 92 valence electrons. The molecule has 1 fully saturated rings. The number of hydrogen-bond acceptors (Lipinski definition) is 2. The Balaban J connectivity index is 2.05. The van der Waals surface area contributed by atoms with Gasteiger partial charge in [0.1, 0.15) is 5.82 Å². The molecule has 0 radical (unpaired) electrons. The molecule has 1 aromatic carbocycles. The maximum absolute atomic E-state index is 13.1. The average molecular weight is 236 g/mol. The molecule has 2 N–H and O–H groups in total. The highest BCUT2D eigenvalue weighted by atomic mass is 19.1. The molecule has 1 heterocycles. The molecule has 4 heteroatoms. The molecule has 0 unspecified atom stereocenters. The van der Waals surface area contributed by atoms with Crippen molar-refractivity contribution in [2.75, 3.05) is 13.1 Å². The molecule has 1 amide bonds. The molecule has 1 aliphatic rings. The van der Waals surface area contributed by atoms with Crippen LogP contribution in [-0.2, 0) is 11.2 Å². The van der Waals surface area contributed by atoms with E-state index in [-0.39, 0.29) is 24.3 Å². The van der Waals surface area contributed by atoms with E-state index >= 15 is 0 Å². The second-order valence-corrected chi connectivity index (χ2v) is 4.42. The zero-order chi connectivity index (χ0) is 12.3. The molecule has 1 saturated heterocycles. The van der Waals surface area contributed by atoms with Gasteiger partial charge in [-0.15, -0.1) is 0 Å². The van der Waals surface area contributed by atoms with E-state index in [4.69, 9.17) is 5.73 Å². The number of carbonyl (C=O) groups excluding carboxylic acids is 1. The molecule has 0 bridgehead atoms. The van der Waals surface area contributed by atoms with E-state index in [0.29, 0.717) is 6.42 Å². The Morgan fingerprint density at radius 2 is 2.35 bits per heavy atom. The van der Waals surface area contributed by atoms with Crippen LogP contribution in [0.2, 0.25) is 0 Å². The molecule has 0 spiro atoms. The van der Waals surface area contributed by atoms with Crippen molar-refractivity contribution in [1.82, 2.24) is 4.90 Å². The third kappa shape index (κ3) is 2.82. The van der Waals surface area contributed by atoms with Crippen molar-refractivity contribution in [1.29, 1.82) is 0 Å². The largest absolute Gasteiger partial charge is 0.338 e. The van der Waals surface area contributed by atoms with E-state index in [9.17, 15) is 9.18 Å². The summed E-state index contributed by atoms with van der Waals surface area (Å²) in [5, 5.41) is 0. The van der Waals surface area contributed by atoms with Crippen LogP contribution >= 0.6 is 0 Å². The summed E-state index contributed by atoms with van der Waals surface area (Å²) in [6.45, 7) is 0.829. The molecular formula is C13H17FN2O. The van der Waals surface area contributed by atoms with Gasteiger partial charge in [-0.25, -0.2) is 4.39 Å². The first-order chi connectivity index (χ1) is 8.20. The van der Waals surface area contributed by atoms with Gasteiger partial charge < -0.3 is 10.6 Å². The van der Waals surface area contributed by atoms with E-state index < -0.39 is 0 Å². The van der Waals surface area contributed by atoms with E-state index in [1.54, 1.807) is 6.07 Å². The van der Waals surface area contributed by atoms with Crippen LogP contribution < -0.4 is 5.73 Å². The minimum Gasteiger partial charge on any atom is -0.338 e. The van der Waals surface area contributed by atoms with Crippen LogP contribution in [0.5, 0.6) is 0 Å². The Labute approximate surface area is 100 Å². The third-order valence-corrected chi connectivity index (χ3v) is 3.23. The van der Waals surface area contributed by atoms with Crippen molar-refractivity contribution in [2.24, 2.45) is 5.73 Å². The van der Waals surface area contributed by atoms with Gasteiger partial charge in [-0.05, 0) is 37.0 Å². The molecule has 2 rings (SSSR count). The monoisotopic (exact) mass is 236 g/mol. The van der Waals surface area contributed by atoms with Crippen LogP contribution in [0.25, 0.3) is 0 Å². The van der Waals surface area contributed by atoms with Gasteiger partial charge in [-0.3, -0.25) is 4.79 Å². The SMILES string of the molecule is NCC(=O)N1CCC[C@@H]1Cc1cccc(F)c1. The first-order valence-corrected chi connectivity index (χ1v) is 5.94. The van der Waals surface area contributed by atoms with Crippen molar-refractivity contribution in [3.63, 3.8) is 0 Å². The molecule has 1 aromatic rings. The highest BCUT2D eigenvalue weighted by Crippen LogP contribution is 2.21. The molecule has 0 saturated carbocycles. The maximum Gasteiger partial charge on any atom is 0.236 e. The van der Waals surface area contributed by atoms with Crippen molar-refractivity contribution in [3.8, 4) is 0 Å². The van der Waals surface area contributed by atoms with Crippen LogP contribution in [0.1, 0.15) is 18.4 Å². The summed E-state index contributed by atoms with van der Waals surface area (Å²) < 4.78 is 13.1. The molecule has 3 nitrogen and oxygen atoms in total. The summed E-state index contributed by atoms with van der Waals surface area (Å²) in [5.41, 5.74) is 6.32. The molecule has 1 atom stereocenters. The van der Waals surface area contributed by atoms with Crippen molar-refractivity contribution < 1.29 is 9.18 Å². The number of halogens is 1. The lowest BCUT2D eigenvalue weighted by Gasteiger charge is -2.24. The highest BCUT2D eigenvalue weighted by Gasteiger charge is 2.27. The number of rotatable bonds is 3. The lowest BCUT2D eigenvalue weighted by Crippen LogP contribution is -2.40. The van der Waals surface area contributed by atoms with Crippen LogP contribution in [-0.4, -0.2) is 29.9 Å². The summed E-state index contributed by atoms with van der Waals surface area (Å²) >= 11 is 0. The number of nitrogens with zero attached hydrogens (tertiary/aromatic N) is 1. The van der Waals surface area contributed by atoms with Gasteiger partial charge in [0, 0.05) is 12.6 Å². The minimum atomic E-state index is -0.225. The molecular weight excluding hydrogens is 219 g/mol. The van der Waals surface area contributed by atoms with E-state index in [2.05, 4.69) is 0 Å². The lowest BCUT2D eigenvalue weighted by atomic mass is 10.0. The Morgan fingerprint density at radius 3 is 3.06 bits per heavy atom. The molecule has 17 heavy (non-hydrogen) atoms. The van der Waals surface area contributed by atoms with Gasteiger partial charge in [0.25, 0.3) is 0 Å². The van der Waals surface area contributed by atoms with Gasteiger partial charge in [0.05, 0.1) is 6.54 Å². The summed E-state index contributed by atoms with van der Waals surface area (Å²) in [7, 11) is 0. The standard InChI is InChI=1S/C13H17FN2O/c14-11-4-1-3-10(7-11)8-12-5-2-6-16(12)13(17)9-15/h1,3-4,7,12H,2,5-6,8-9,15H2/t12-/m1/s1. The number of nitrogens with two attached hydrogens (primary N) is 1. The average Bonchev–Trinajstić information content (AvgIpc) is 2.76. The summed E-state index contributed by atoms with van der Waals surface area (Å²) in [6.07, 6.45) is 2.69. The van der Waals surface area contributed by atoms with Gasteiger partial charge in [-0.1, -0.05) is 12.1 Å². The number of amides is 1. The van der Waals surface area contributed by atoms with Gasteiger partial charge in [0.2, 0.25) is 5.91 Å². The Bertz CT molecular complexity index is 408. The second-order valence-electron chi connectivity index (χ2n) is 4.42. The molecule has 0 aromatic heterocycles. The van der Waals surface area contributed by atoms with E-state index in [0.717, 1.165) is 24.9 Å². The normalized spacial score (nSPS) is 19.6. The predicted molar refractivity (Wildman–Crippen MR) is 63.9 cm³/mol. The number of hydrogen-bond donors (Lipinski definition) is 1. The Morgan fingerprint density at radius 1 is 1.53 bits per heavy atom. The first kappa shape index (κ1) is 12.0. The van der Waals surface area contributed by atoms with E-state index in [1.807, 2.05) is 11.0 Å². The quantitative estimate of drug-likeness (QED) is 0.860. The van der Waals surface area contributed by atoms with Crippen LogP contribution in [0.3, 0.4) is 0 Å². The zero-order valence-electron chi connectivity index (χ0n) is 9.73. The van der Waals surface area contributed by atoms with Crippen molar-refractivity contribution in [3.05, 3.63) is 35.6 Å². The first-order valence-electron chi connectivity index (χ1n) is 5.94. The number of benzene rings is 1. The van der Waals surface area contributed by atoms with Gasteiger partial charge in [0.15, 0.2) is 0 Å². The van der Waals surface area contributed by atoms with Crippen LogP contribution in [0.4, 0.5) is 4.39 Å². The van der Waals surface area contributed by atoms with Crippen LogP contribution in [0.15, 0.2) is 24.3 Å². The summed E-state index contributed by atoms with van der Waals surface area (Å²) in [4.78, 5) is 13.4. The number of likely N-dealkylation sites (tertiary alicyclic amines) is 1. The van der Waals surface area contributed by atoms with Gasteiger partial charge in [-0.2, -0.15) is 0 Å². The summed E-state index contributed by atoms with van der Waals surface area (Å²) in [5.74, 6) is -0.235. The summed E-state index contributed by atoms with van der Waals surface area (Å²) in [6, 6.07) is 6.74. The topological polar surface area (TPSA) is 46.3 Å². The van der Waals surface area contributed by atoms with E-state index in [1.165, 1.54) is 12.1 Å². The highest BCUT2D eigenvalue weighted by molar-refractivity contribution is 5.78. The maximum atomic E-state index is 13.1. The van der Waals surface area contributed by atoms with Crippen molar-refractivity contribution >= 4 is 5.91 Å². The fourth-order valence-electron chi connectivity index (χ4n) is 2.43. The predicted octanol–water partition coefficient (Wildman–Crippen LogP) is 1.32. The Hall–Kier alpha value is -1.42. The number of carbonyl (C=O) groups is 1. The fraction of sp³-hybridized carbons (Fsp3) is 0.462. The minimum absolute atomic E-state index is 0.0103. The smallest absolute Gasteiger partial charge is 0.236 e. The van der Waals surface area contributed by atoms with Gasteiger partial charge >= 0.3 is 0 Å². The molecule has 0 aliphatic carbocycles. The Kier molecular flexibility index (Phi) is 3.74. The zero-order valence-corrected chi connectivity index (χ0v) is 9.73. The molecule has 1 aliphatic heterocycles. The second kappa shape index (κ2) is 5.27. The van der Waals surface area contributed by atoms with Crippen LogP contribution in [0, 0.1) is 5.82 Å². The lowest BCUT2D eigenvalue weighted by molar-refractivity contribution is -0.130.